The Morgan fingerprint density at radius 2 is 1.21 bits per heavy atom. The number of aromatic nitrogens is 6. The minimum Gasteiger partial charge on any atom is -0.462 e. The Labute approximate surface area is 448 Å². The van der Waals surface area contributed by atoms with Crippen LogP contribution in [0.4, 0.5) is 0 Å². The lowest BCUT2D eigenvalue weighted by Gasteiger charge is -2.24. The molecule has 5 heterocycles. The number of aromatic amines is 2. The number of carbonyl (C=O) groups excluding carboxylic acids is 2. The molecule has 2 aromatic carbocycles. The van der Waals surface area contributed by atoms with Gasteiger partial charge in [0.15, 0.2) is 25.0 Å². The van der Waals surface area contributed by atoms with Gasteiger partial charge in [-0.2, -0.15) is 5.09 Å². The highest BCUT2D eigenvalue weighted by molar-refractivity contribution is 7.84. The maximum absolute atomic E-state index is 13.5. The van der Waals surface area contributed by atoms with Gasteiger partial charge in [0.25, 0.3) is 11.1 Å². The normalized spacial score (nSPS) is 19.8. The molecule has 2 aliphatic heterocycles. The molecule has 0 spiro atoms. The number of nitrogens with one attached hydrogen (secondary N) is 4. The van der Waals surface area contributed by atoms with Crippen molar-refractivity contribution in [2.45, 2.75) is 118 Å². The molecule has 0 radical (unpaired) electrons. The lowest BCUT2D eigenvalue weighted by atomic mass is 10.3. The first kappa shape index (κ1) is 63.5. The summed E-state index contributed by atoms with van der Waals surface area (Å²) < 4.78 is 78.1. The van der Waals surface area contributed by atoms with Crippen LogP contribution in [0.15, 0.2) is 111 Å². The van der Waals surface area contributed by atoms with E-state index in [0.29, 0.717) is 29.7 Å². The van der Waals surface area contributed by atoms with Crippen LogP contribution >= 0.6 is 25.9 Å². The van der Waals surface area contributed by atoms with Gasteiger partial charge < -0.3 is 47.1 Å². The monoisotopic (exact) mass is 1140 g/mol. The third kappa shape index (κ3) is 21.4. The Morgan fingerprint density at radius 3 is 1.62 bits per heavy atom. The van der Waals surface area contributed by atoms with Gasteiger partial charge in [-0.15, -0.1) is 0 Å². The highest BCUT2D eigenvalue weighted by atomic mass is 35.7. The summed E-state index contributed by atoms with van der Waals surface area (Å²) in [7, 11) is -2.16. The van der Waals surface area contributed by atoms with Crippen LogP contribution in [-0.2, 0) is 58.7 Å². The van der Waals surface area contributed by atoms with Crippen molar-refractivity contribution >= 4 is 37.8 Å². The fourth-order valence-electron chi connectivity index (χ4n) is 6.14. The molecule has 2 saturated heterocycles. The average Bonchev–Trinajstić information content (AvgIpc) is 4.20. The molecule has 0 bridgehead atoms. The third-order valence-electron chi connectivity index (χ3n) is 10.7. The molecular formula is C48H67ClN8O18P2. The van der Waals surface area contributed by atoms with Crippen molar-refractivity contribution in [3.05, 3.63) is 145 Å². The summed E-state index contributed by atoms with van der Waals surface area (Å²) in [6.45, 7) is 9.37. The molecule has 5 N–H and O–H groups in total. The summed E-state index contributed by atoms with van der Waals surface area (Å²) in [6.07, 6.45) is 5.86. The number of para-hydroxylation sites is 2. The minimum absolute atomic E-state index is 0.00563. The van der Waals surface area contributed by atoms with E-state index in [9.17, 15) is 37.9 Å². The van der Waals surface area contributed by atoms with E-state index in [1.807, 2.05) is 31.7 Å². The van der Waals surface area contributed by atoms with Crippen LogP contribution in [0, 0.1) is 13.8 Å². The summed E-state index contributed by atoms with van der Waals surface area (Å²) in [4.78, 5) is 78.6. The molecule has 5 aromatic rings. The number of hydrogen-bond donors (Lipinski definition) is 5. The van der Waals surface area contributed by atoms with Gasteiger partial charge in [-0.3, -0.25) is 42.8 Å². The number of nitrogens with zero attached hydrogens (tertiary/aromatic N) is 4. The van der Waals surface area contributed by atoms with Crippen molar-refractivity contribution in [2.24, 2.45) is 7.05 Å². The number of aliphatic hydroxyl groups excluding tert-OH is 1. The van der Waals surface area contributed by atoms with Gasteiger partial charge in [0, 0.05) is 54.2 Å². The molecule has 26 nitrogen and oxygen atoms in total. The van der Waals surface area contributed by atoms with Crippen LogP contribution in [0.25, 0.3) is 0 Å². The van der Waals surface area contributed by atoms with E-state index in [1.165, 1.54) is 35.4 Å². The number of halogens is 1. The molecule has 7 rings (SSSR count). The molecule has 0 amide bonds. The van der Waals surface area contributed by atoms with E-state index in [4.69, 9.17) is 58.3 Å². The first-order chi connectivity index (χ1) is 36.4. The van der Waals surface area contributed by atoms with Crippen LogP contribution in [0.5, 0.6) is 11.5 Å². The lowest BCUT2D eigenvalue weighted by molar-refractivity contribution is -0.150. The van der Waals surface area contributed by atoms with E-state index >= 15 is 0 Å². The maximum atomic E-state index is 13.5. The smallest absolute Gasteiger partial charge is 0.459 e. The summed E-state index contributed by atoms with van der Waals surface area (Å²) in [5.74, 6) is -0.508. The van der Waals surface area contributed by atoms with Crippen molar-refractivity contribution in [2.75, 3.05) is 26.4 Å². The Kier molecular flexibility index (Phi) is 25.4. The Bertz CT molecular complexity index is 2960. The molecule has 29 heteroatoms. The fraction of sp³-hybridized carbons (Fsp3) is 0.479. The number of benzene rings is 2. The second-order valence-corrected chi connectivity index (χ2v) is 21.6. The van der Waals surface area contributed by atoms with Gasteiger partial charge in [-0.1, -0.05) is 50.2 Å². The van der Waals surface area contributed by atoms with Gasteiger partial charge >= 0.3 is 37.9 Å². The molecule has 2 aliphatic rings. The molecule has 4 unspecified atom stereocenters. The number of aryl methyl sites for hydroxylation is 3. The first-order valence-corrected chi connectivity index (χ1v) is 28.2. The van der Waals surface area contributed by atoms with E-state index in [0.717, 1.165) is 0 Å². The summed E-state index contributed by atoms with van der Waals surface area (Å²) in [5.41, 5.74) is -1.37. The zero-order valence-electron chi connectivity index (χ0n) is 44.0. The van der Waals surface area contributed by atoms with Crippen molar-refractivity contribution in [3.63, 3.8) is 0 Å². The van der Waals surface area contributed by atoms with Crippen LogP contribution in [-0.4, -0.2) is 109 Å². The molecule has 2 fully saturated rings. The molecule has 0 aliphatic carbocycles. The fourth-order valence-corrected chi connectivity index (χ4v) is 9.31. The molecular weight excluding hydrogens is 1070 g/mol. The van der Waals surface area contributed by atoms with Gasteiger partial charge in [0.1, 0.15) is 30.2 Å². The van der Waals surface area contributed by atoms with E-state index in [-0.39, 0.29) is 44.4 Å². The molecule has 77 heavy (non-hydrogen) atoms. The molecule has 424 valence electrons. The van der Waals surface area contributed by atoms with E-state index in [2.05, 4.69) is 25.1 Å². The Hall–Kier alpha value is -6.02. The second-order valence-electron chi connectivity index (χ2n) is 17.2. The highest BCUT2D eigenvalue weighted by Gasteiger charge is 2.37. The first-order valence-electron chi connectivity index (χ1n) is 24.2. The van der Waals surface area contributed by atoms with Gasteiger partial charge in [0.05, 0.1) is 38.4 Å². The van der Waals surface area contributed by atoms with Crippen molar-refractivity contribution in [3.8, 4) is 11.5 Å². The van der Waals surface area contributed by atoms with Crippen molar-refractivity contribution in [1.82, 2.24) is 38.8 Å². The average molecular weight is 1140 g/mol. The second kappa shape index (κ2) is 30.8. The number of carbonyl (C=O) groups is 2. The number of imidazole rings is 1. The highest BCUT2D eigenvalue weighted by Crippen LogP contribution is 2.49. The summed E-state index contributed by atoms with van der Waals surface area (Å²) >= 11 is 5.79. The van der Waals surface area contributed by atoms with E-state index < -0.39 is 86.2 Å². The summed E-state index contributed by atoms with van der Waals surface area (Å²) in [6, 6.07) is 15.0. The van der Waals surface area contributed by atoms with Gasteiger partial charge in [-0.25, -0.2) is 28.8 Å². The van der Waals surface area contributed by atoms with Crippen LogP contribution in [0.1, 0.15) is 78.0 Å². The SMILES string of the molecule is CCC(C)OC(=O)[C@H](C)NP(=O)(Cl)Oc1ccccc1.CCC(C)OC(=O)[C@H](C)NP(=O)(OC[C@@H]1OC[C@H](n2cc(C)c(=O)[nH]c2=O)O1)Oc1ccccc1.Cc1cn([C@H]2CO[C@@H](CO)O2)c(=O)[nH]c1=O.Cn1ccnc1. The van der Waals surface area contributed by atoms with Gasteiger partial charge in [0.2, 0.25) is 0 Å². The zero-order valence-corrected chi connectivity index (χ0v) is 46.5. The molecule has 10 atom stereocenters. The maximum Gasteiger partial charge on any atom is 0.459 e. The van der Waals surface area contributed by atoms with Crippen LogP contribution in [0.2, 0.25) is 0 Å². The zero-order chi connectivity index (χ0) is 56.9. The Morgan fingerprint density at radius 1 is 0.753 bits per heavy atom. The third-order valence-corrected chi connectivity index (χ3v) is 14.0. The van der Waals surface area contributed by atoms with Crippen molar-refractivity contribution < 1.29 is 65.8 Å². The number of rotatable bonds is 20. The standard InChI is InChI=1S/C22H30N3O9P.C13H19ClNO4P.C9H12N2O5.C4H6N2/c1-5-15(3)32-21(27)16(4)24-35(29,34-17-9-7-6-8-10-17)31-13-19-30-12-18(33-19)25-11-14(2)20(26)23-22(25)28;1-4-10(2)18-13(16)11(3)15-20(14,17)19-12-8-6-5-7-9-12;1-5-2-11(9(14)10-8(5)13)6-4-15-7(3-12)16-6;1-6-3-2-5-4-6/h6-11,15-16,18-19H,5,12-13H2,1-4H3,(H,24,29)(H,23,26,28);5-11H,4H2,1-3H3,(H,15,17);2,6-7,12H,3-4H2,1H3,(H,10,13,14);2-4H,1H3/t15?,16-,18+,19+,35?;10?,11-,20?;6-,7-;/m001./s1. The summed E-state index contributed by atoms with van der Waals surface area (Å²) in [5, 5.41) is 13.9. The number of ether oxygens (including phenoxy) is 6. The van der Waals surface area contributed by atoms with Gasteiger partial charge in [-0.05, 0) is 78.6 Å². The topological polar surface area (TPSA) is 323 Å². The molecule has 3 aromatic heterocycles. The number of aliphatic hydroxyl groups is 1. The lowest BCUT2D eigenvalue weighted by Crippen LogP contribution is -2.37. The largest absolute Gasteiger partial charge is 0.462 e. The quantitative estimate of drug-likeness (QED) is 0.0500. The molecule has 0 saturated carbocycles. The minimum atomic E-state index is -4.10. The van der Waals surface area contributed by atoms with Crippen LogP contribution < -0.4 is 41.7 Å². The number of hydrogen-bond acceptors (Lipinski definition) is 19. The predicted octanol–water partition coefficient (Wildman–Crippen LogP) is 5.10. The Balaban J connectivity index is 0.000000255. The number of esters is 2. The van der Waals surface area contributed by atoms with Crippen molar-refractivity contribution in [1.29, 1.82) is 0 Å². The number of H-pyrrole nitrogens is 2. The van der Waals surface area contributed by atoms with Crippen LogP contribution in [0.3, 0.4) is 0 Å². The predicted molar refractivity (Wildman–Crippen MR) is 280 cm³/mol. The van der Waals surface area contributed by atoms with E-state index in [1.54, 1.807) is 101 Å².